The van der Waals surface area contributed by atoms with Crippen LogP contribution in [0.5, 0.6) is 0 Å². The van der Waals surface area contributed by atoms with Crippen molar-refractivity contribution in [2.45, 2.75) is 6.18 Å². The largest absolute Gasteiger partial charge is 0.483 e. The molecule has 0 saturated carbocycles. The quantitative estimate of drug-likeness (QED) is 0.385. The summed E-state index contributed by atoms with van der Waals surface area (Å²) >= 11 is 0. The number of nitrogen functional groups attached to an aromatic ring is 1. The molecule has 20 heavy (non-hydrogen) atoms. The lowest BCUT2D eigenvalue weighted by Gasteiger charge is -2.12. The molecule has 0 fully saturated rings. The van der Waals surface area contributed by atoms with E-state index in [0.717, 1.165) is 12.1 Å². The van der Waals surface area contributed by atoms with Crippen LogP contribution < -0.4 is 22.5 Å². The van der Waals surface area contributed by atoms with Crippen LogP contribution in [0.1, 0.15) is 5.56 Å². The number of methoxy groups -OCH3 is 1. The Morgan fingerprint density at radius 3 is 2.40 bits per heavy atom. The summed E-state index contributed by atoms with van der Waals surface area (Å²) in [7, 11) is 1.39. The zero-order valence-corrected chi connectivity index (χ0v) is 10.7. The Morgan fingerprint density at radius 2 is 1.90 bits per heavy atom. The van der Waals surface area contributed by atoms with E-state index in [4.69, 9.17) is 17.2 Å². The second-order valence-corrected chi connectivity index (χ2v) is 3.82. The van der Waals surface area contributed by atoms with Crippen LogP contribution in [-0.2, 0) is 10.9 Å². The Labute approximate surface area is 113 Å². The number of allylic oxidation sites excluding steroid dienone is 2. The zero-order chi connectivity index (χ0) is 15.3. The van der Waals surface area contributed by atoms with Gasteiger partial charge in [-0.05, 0) is 24.3 Å². The molecule has 0 aromatic heterocycles. The summed E-state index contributed by atoms with van der Waals surface area (Å²) in [6.45, 7) is 0. The van der Waals surface area contributed by atoms with Gasteiger partial charge in [-0.3, -0.25) is 0 Å². The van der Waals surface area contributed by atoms with Gasteiger partial charge in [0.25, 0.3) is 0 Å². The molecule has 0 saturated heterocycles. The summed E-state index contributed by atoms with van der Waals surface area (Å²) in [4.78, 5) is 0. The number of anilines is 2. The van der Waals surface area contributed by atoms with Crippen molar-refractivity contribution in [1.29, 1.82) is 0 Å². The second kappa shape index (κ2) is 6.09. The molecular formula is C12H15F3N4O. The average Bonchev–Trinajstić information content (AvgIpc) is 2.37. The number of hydrogen-bond acceptors (Lipinski definition) is 5. The molecule has 0 amide bonds. The lowest BCUT2D eigenvalue weighted by Crippen LogP contribution is -2.12. The van der Waals surface area contributed by atoms with Crippen LogP contribution >= 0.6 is 0 Å². The van der Waals surface area contributed by atoms with E-state index in [1.54, 1.807) is 0 Å². The molecule has 0 radical (unpaired) electrons. The molecule has 0 spiro atoms. The predicted octanol–water partition coefficient (Wildman–Crippen LogP) is 1.95. The second-order valence-electron chi connectivity index (χ2n) is 3.82. The van der Waals surface area contributed by atoms with E-state index < -0.39 is 11.7 Å². The van der Waals surface area contributed by atoms with E-state index >= 15 is 0 Å². The maximum atomic E-state index is 12.5. The first-order chi connectivity index (χ1) is 9.24. The molecule has 5 nitrogen and oxygen atoms in total. The van der Waals surface area contributed by atoms with Crippen molar-refractivity contribution in [2.75, 3.05) is 18.2 Å². The van der Waals surface area contributed by atoms with E-state index in [1.807, 2.05) is 0 Å². The van der Waals surface area contributed by atoms with Crippen molar-refractivity contribution in [3.63, 3.8) is 0 Å². The highest BCUT2D eigenvalue weighted by molar-refractivity contribution is 5.69. The molecule has 0 aliphatic heterocycles. The molecule has 0 heterocycles. The van der Waals surface area contributed by atoms with E-state index in [-0.39, 0.29) is 23.1 Å². The molecule has 0 atom stereocenters. The minimum Gasteiger partial charge on any atom is -0.483 e. The molecule has 8 heteroatoms. The van der Waals surface area contributed by atoms with Crippen molar-refractivity contribution < 1.29 is 17.9 Å². The number of hydrogen-bond donors (Lipinski definition) is 4. The first-order valence-electron chi connectivity index (χ1n) is 5.44. The first-order valence-corrected chi connectivity index (χ1v) is 5.44. The highest BCUT2D eigenvalue weighted by Crippen LogP contribution is 2.32. The summed E-state index contributed by atoms with van der Waals surface area (Å²) in [5.74, 6) is 0.284. The molecule has 0 aliphatic rings. The Balaban J connectivity index is 2.89. The summed E-state index contributed by atoms with van der Waals surface area (Å²) in [6.07, 6.45) is -1.65. The van der Waals surface area contributed by atoms with Crippen molar-refractivity contribution in [3.8, 4) is 0 Å². The molecule has 1 aromatic rings. The standard InChI is InChI=1S/C12H15F3N4O/c1-20-11(18)5-4-10(17)19-9-3-2-7(6-8(9)16)12(13,14)15/h2-6,19H,16-18H2,1H3/b10-4+,11-5+. The maximum Gasteiger partial charge on any atom is 0.416 e. The summed E-state index contributed by atoms with van der Waals surface area (Å²) in [6, 6.07) is 2.93. The number of nitrogens with two attached hydrogens (primary N) is 3. The smallest absolute Gasteiger partial charge is 0.416 e. The number of benzene rings is 1. The Morgan fingerprint density at radius 1 is 1.25 bits per heavy atom. The van der Waals surface area contributed by atoms with Crippen LogP contribution in [0.3, 0.4) is 0 Å². The number of alkyl halides is 3. The lowest BCUT2D eigenvalue weighted by molar-refractivity contribution is -0.137. The molecule has 0 bridgehead atoms. The van der Waals surface area contributed by atoms with Crippen LogP contribution in [0, 0.1) is 0 Å². The van der Waals surface area contributed by atoms with Crippen molar-refractivity contribution in [1.82, 2.24) is 0 Å². The van der Waals surface area contributed by atoms with Crippen molar-refractivity contribution in [3.05, 3.63) is 47.6 Å². The lowest BCUT2D eigenvalue weighted by atomic mass is 10.1. The van der Waals surface area contributed by atoms with Gasteiger partial charge in [-0.25, -0.2) is 0 Å². The SMILES string of the molecule is CO/C(N)=C/C=C(\N)Nc1ccc(C(F)(F)F)cc1N. The number of nitrogens with one attached hydrogen (secondary N) is 1. The number of rotatable bonds is 4. The fourth-order valence-electron chi connectivity index (χ4n) is 1.29. The van der Waals surface area contributed by atoms with E-state index in [1.165, 1.54) is 25.3 Å². The molecule has 0 aliphatic carbocycles. The monoisotopic (exact) mass is 288 g/mol. The molecule has 0 unspecified atom stereocenters. The van der Waals surface area contributed by atoms with Gasteiger partial charge in [0, 0.05) is 6.08 Å². The topological polar surface area (TPSA) is 99.3 Å². The van der Waals surface area contributed by atoms with Gasteiger partial charge in [-0.2, -0.15) is 13.2 Å². The van der Waals surface area contributed by atoms with Crippen LogP contribution in [0.25, 0.3) is 0 Å². The maximum absolute atomic E-state index is 12.5. The van der Waals surface area contributed by atoms with Crippen molar-refractivity contribution >= 4 is 11.4 Å². The Kier molecular flexibility index (Phi) is 4.73. The average molecular weight is 288 g/mol. The number of halogens is 3. The van der Waals surface area contributed by atoms with Gasteiger partial charge in [0.1, 0.15) is 5.82 Å². The van der Waals surface area contributed by atoms with Gasteiger partial charge in [0.05, 0.1) is 24.0 Å². The normalized spacial score (nSPS) is 13.2. The third-order valence-corrected chi connectivity index (χ3v) is 2.32. The molecule has 1 aromatic carbocycles. The fourth-order valence-corrected chi connectivity index (χ4v) is 1.29. The van der Waals surface area contributed by atoms with Crippen LogP contribution in [-0.4, -0.2) is 7.11 Å². The van der Waals surface area contributed by atoms with E-state index in [0.29, 0.717) is 0 Å². The highest BCUT2D eigenvalue weighted by atomic mass is 19.4. The van der Waals surface area contributed by atoms with Gasteiger partial charge >= 0.3 is 6.18 Å². The van der Waals surface area contributed by atoms with Crippen molar-refractivity contribution in [2.24, 2.45) is 11.5 Å². The minimum absolute atomic E-state index is 0.0696. The molecule has 110 valence electrons. The van der Waals surface area contributed by atoms with Gasteiger partial charge in [0.2, 0.25) is 0 Å². The molecule has 7 N–H and O–H groups in total. The third-order valence-electron chi connectivity index (χ3n) is 2.32. The third kappa shape index (κ3) is 4.30. The molecular weight excluding hydrogens is 273 g/mol. The molecule has 1 rings (SSSR count). The van der Waals surface area contributed by atoms with Crippen LogP contribution in [0.15, 0.2) is 42.1 Å². The Hall–Kier alpha value is -2.51. The van der Waals surface area contributed by atoms with Gasteiger partial charge in [0.15, 0.2) is 5.88 Å². The predicted molar refractivity (Wildman–Crippen MR) is 71.0 cm³/mol. The van der Waals surface area contributed by atoms with Gasteiger partial charge < -0.3 is 27.3 Å². The first kappa shape index (κ1) is 15.5. The van der Waals surface area contributed by atoms with E-state index in [2.05, 4.69) is 10.1 Å². The fraction of sp³-hybridized carbons (Fsp3) is 0.167. The number of ether oxygens (including phenoxy) is 1. The minimum atomic E-state index is -4.44. The summed E-state index contributed by atoms with van der Waals surface area (Å²) in [5.41, 5.74) is 15.9. The van der Waals surface area contributed by atoms with Gasteiger partial charge in [-0.1, -0.05) is 0 Å². The Bertz CT molecular complexity index is 538. The van der Waals surface area contributed by atoms with Gasteiger partial charge in [-0.15, -0.1) is 0 Å². The summed E-state index contributed by atoms with van der Waals surface area (Å²) in [5, 5.41) is 2.66. The zero-order valence-electron chi connectivity index (χ0n) is 10.7. The van der Waals surface area contributed by atoms with Crippen LogP contribution in [0.2, 0.25) is 0 Å². The highest BCUT2D eigenvalue weighted by Gasteiger charge is 2.30. The van der Waals surface area contributed by atoms with Crippen LogP contribution in [0.4, 0.5) is 24.5 Å². The van der Waals surface area contributed by atoms with E-state index in [9.17, 15) is 13.2 Å². The summed E-state index contributed by atoms with van der Waals surface area (Å²) < 4.78 is 42.1.